The number of hydrogen-bond donors (Lipinski definition) is 0. The van der Waals surface area contributed by atoms with Crippen molar-refractivity contribution in [3.63, 3.8) is 0 Å². The van der Waals surface area contributed by atoms with E-state index in [-0.39, 0.29) is 11.1 Å². The summed E-state index contributed by atoms with van der Waals surface area (Å²) in [5, 5.41) is 7.54. The van der Waals surface area contributed by atoms with E-state index in [1.54, 1.807) is 4.57 Å². The van der Waals surface area contributed by atoms with Gasteiger partial charge in [0.2, 0.25) is 0 Å². The Hall–Kier alpha value is -0.440. The van der Waals surface area contributed by atoms with E-state index in [4.69, 9.17) is 10.7 Å². The molecule has 2 rings (SSSR count). The molecule has 2 heterocycles. The fraction of sp³-hybridized carbons (Fsp3) is 0.455. The lowest BCUT2D eigenvalue weighted by molar-refractivity contribution is 0.489. The van der Waals surface area contributed by atoms with Crippen molar-refractivity contribution in [1.82, 2.24) is 14.8 Å². The Kier molecular flexibility index (Phi) is 4.58. The van der Waals surface area contributed by atoms with E-state index in [2.05, 4.69) is 26.1 Å². The number of halogens is 2. The van der Waals surface area contributed by atoms with Gasteiger partial charge in [-0.25, -0.2) is 8.42 Å². The number of hydrogen-bond acceptors (Lipinski definition) is 5. The van der Waals surface area contributed by atoms with Crippen molar-refractivity contribution in [2.75, 3.05) is 0 Å². The van der Waals surface area contributed by atoms with Crippen LogP contribution in [-0.2, 0) is 15.6 Å². The molecule has 0 saturated heterocycles. The minimum atomic E-state index is -3.92. The summed E-state index contributed by atoms with van der Waals surface area (Å²) in [7, 11) is 1.51. The van der Waals surface area contributed by atoms with E-state index in [0.29, 0.717) is 12.4 Å². The van der Waals surface area contributed by atoms with Gasteiger partial charge < -0.3 is 0 Å². The van der Waals surface area contributed by atoms with Gasteiger partial charge in [-0.05, 0) is 40.4 Å². The predicted octanol–water partition coefficient (Wildman–Crippen LogP) is 3.66. The molecule has 0 radical (unpaired) electrons. The first kappa shape index (κ1) is 15.9. The largest absolute Gasteiger partial charge is 0.296 e. The van der Waals surface area contributed by atoms with Crippen LogP contribution in [0.5, 0.6) is 0 Å². The van der Waals surface area contributed by atoms with Gasteiger partial charge in [-0.15, -0.1) is 21.5 Å². The second kappa shape index (κ2) is 5.75. The summed E-state index contributed by atoms with van der Waals surface area (Å²) in [5.41, 5.74) is 1.07. The maximum atomic E-state index is 11.6. The Morgan fingerprint density at radius 2 is 2.10 bits per heavy atom. The molecule has 2 aromatic heterocycles. The molecule has 0 atom stereocenters. The van der Waals surface area contributed by atoms with Crippen LogP contribution < -0.4 is 0 Å². The van der Waals surface area contributed by atoms with Crippen LogP contribution in [0.1, 0.15) is 19.4 Å². The van der Waals surface area contributed by atoms with Crippen molar-refractivity contribution in [2.45, 2.75) is 32.5 Å². The summed E-state index contributed by atoms with van der Waals surface area (Å²) in [6.45, 7) is 6.43. The van der Waals surface area contributed by atoms with Crippen LogP contribution in [0, 0.1) is 12.8 Å². The second-order valence-corrected chi connectivity index (χ2v) is 9.65. The third kappa shape index (κ3) is 3.24. The average Bonchev–Trinajstić information content (AvgIpc) is 2.82. The van der Waals surface area contributed by atoms with Crippen molar-refractivity contribution in [1.29, 1.82) is 0 Å². The van der Waals surface area contributed by atoms with Crippen molar-refractivity contribution in [3.05, 3.63) is 15.4 Å². The number of thiophene rings is 1. The molecule has 0 bridgehead atoms. The monoisotopic (exact) mass is 397 g/mol. The van der Waals surface area contributed by atoms with Gasteiger partial charge in [-0.1, -0.05) is 13.8 Å². The number of nitrogens with zero attached hydrogens (tertiary/aromatic N) is 3. The lowest BCUT2D eigenvalue weighted by Crippen LogP contribution is -2.11. The van der Waals surface area contributed by atoms with E-state index in [9.17, 15) is 8.42 Å². The molecule has 0 aliphatic carbocycles. The van der Waals surface area contributed by atoms with Crippen LogP contribution in [0.4, 0.5) is 0 Å². The fourth-order valence-corrected chi connectivity index (χ4v) is 4.18. The van der Waals surface area contributed by atoms with Gasteiger partial charge in [0.05, 0.1) is 8.66 Å². The molecular formula is C11H13BrClN3O2S2. The van der Waals surface area contributed by atoms with Gasteiger partial charge in [-0.3, -0.25) is 4.57 Å². The quantitative estimate of drug-likeness (QED) is 0.737. The van der Waals surface area contributed by atoms with Crippen molar-refractivity contribution in [2.24, 2.45) is 5.92 Å². The average molecular weight is 399 g/mol. The third-order valence-corrected chi connectivity index (χ3v) is 5.85. The summed E-state index contributed by atoms with van der Waals surface area (Å²) in [6, 6.07) is 1.94. The zero-order valence-corrected chi connectivity index (χ0v) is 15.1. The molecule has 0 N–H and O–H groups in total. The van der Waals surface area contributed by atoms with Crippen LogP contribution in [0.2, 0.25) is 0 Å². The molecule has 20 heavy (non-hydrogen) atoms. The summed E-state index contributed by atoms with van der Waals surface area (Å²) in [4.78, 5) is 0.856. The molecule has 0 aliphatic rings. The number of rotatable bonds is 4. The normalized spacial score (nSPS) is 12.3. The van der Waals surface area contributed by atoms with Crippen molar-refractivity contribution in [3.8, 4) is 10.7 Å². The minimum absolute atomic E-state index is 0.204. The standard InChI is InChI=1S/C11H13BrClN3O2S2/c1-6(2)5-16-10(8-4-7(3)9(12)19-8)14-15-11(16)20(13,17)18/h4,6H,5H2,1-3H3. The number of aromatic nitrogens is 3. The summed E-state index contributed by atoms with van der Waals surface area (Å²) < 4.78 is 25.7. The molecule has 0 aromatic carbocycles. The van der Waals surface area contributed by atoms with E-state index in [0.717, 1.165) is 14.2 Å². The number of aryl methyl sites for hydroxylation is 1. The highest BCUT2D eigenvalue weighted by Gasteiger charge is 2.24. The molecule has 0 aliphatic heterocycles. The SMILES string of the molecule is Cc1cc(-c2nnc(S(=O)(=O)Cl)n2CC(C)C)sc1Br. The van der Waals surface area contributed by atoms with E-state index in [1.165, 1.54) is 11.3 Å². The fourth-order valence-electron chi connectivity index (χ4n) is 1.75. The van der Waals surface area contributed by atoms with Gasteiger partial charge in [0.25, 0.3) is 14.2 Å². The molecular weight excluding hydrogens is 386 g/mol. The summed E-state index contributed by atoms with van der Waals surface area (Å²) >= 11 is 4.94. The highest BCUT2D eigenvalue weighted by atomic mass is 79.9. The predicted molar refractivity (Wildman–Crippen MR) is 83.6 cm³/mol. The van der Waals surface area contributed by atoms with Crippen LogP contribution in [0.25, 0.3) is 10.7 Å². The highest BCUT2D eigenvalue weighted by molar-refractivity contribution is 9.11. The van der Waals surface area contributed by atoms with Gasteiger partial charge in [0, 0.05) is 17.2 Å². The molecule has 0 fully saturated rings. The first-order valence-electron chi connectivity index (χ1n) is 5.84. The molecule has 110 valence electrons. The van der Waals surface area contributed by atoms with Crippen molar-refractivity contribution < 1.29 is 8.42 Å². The smallest absolute Gasteiger partial charge is 0.296 e. The zero-order valence-electron chi connectivity index (χ0n) is 11.1. The topological polar surface area (TPSA) is 64.8 Å². The van der Waals surface area contributed by atoms with Gasteiger partial charge in [-0.2, -0.15) is 0 Å². The van der Waals surface area contributed by atoms with Crippen LogP contribution in [0.15, 0.2) is 15.0 Å². The molecule has 0 unspecified atom stereocenters. The second-order valence-electron chi connectivity index (χ2n) is 4.82. The Morgan fingerprint density at radius 1 is 1.45 bits per heavy atom. The van der Waals surface area contributed by atoms with E-state index in [1.807, 2.05) is 26.8 Å². The Labute approximate surface area is 134 Å². The Bertz CT molecular complexity index is 717. The molecule has 9 heteroatoms. The van der Waals surface area contributed by atoms with Gasteiger partial charge in [0.15, 0.2) is 5.82 Å². The third-order valence-electron chi connectivity index (χ3n) is 2.56. The minimum Gasteiger partial charge on any atom is -0.296 e. The lowest BCUT2D eigenvalue weighted by Gasteiger charge is -2.10. The van der Waals surface area contributed by atoms with Gasteiger partial charge in [0.1, 0.15) is 0 Å². The molecule has 2 aromatic rings. The highest BCUT2D eigenvalue weighted by Crippen LogP contribution is 2.35. The first-order chi connectivity index (χ1) is 9.20. The van der Waals surface area contributed by atoms with Crippen LogP contribution in [0.3, 0.4) is 0 Å². The Morgan fingerprint density at radius 3 is 2.55 bits per heavy atom. The maximum Gasteiger partial charge on any atom is 0.296 e. The summed E-state index contributed by atoms with van der Waals surface area (Å²) in [5.74, 6) is 0.767. The van der Waals surface area contributed by atoms with Crippen LogP contribution >= 0.6 is 37.9 Å². The molecule has 5 nitrogen and oxygen atoms in total. The lowest BCUT2D eigenvalue weighted by atomic mass is 10.2. The Balaban J connectivity index is 2.62. The van der Waals surface area contributed by atoms with E-state index >= 15 is 0 Å². The zero-order chi connectivity index (χ0) is 15.1. The molecule has 0 saturated carbocycles. The van der Waals surface area contributed by atoms with Crippen molar-refractivity contribution >= 4 is 47.0 Å². The van der Waals surface area contributed by atoms with E-state index < -0.39 is 9.05 Å². The van der Waals surface area contributed by atoms with Crippen LogP contribution in [-0.4, -0.2) is 23.2 Å². The molecule has 0 amide bonds. The first-order valence-corrected chi connectivity index (χ1v) is 9.76. The summed E-state index contributed by atoms with van der Waals surface area (Å²) in [6.07, 6.45) is 0. The van der Waals surface area contributed by atoms with Gasteiger partial charge >= 0.3 is 0 Å². The molecule has 0 spiro atoms. The maximum absolute atomic E-state index is 11.6.